The minimum absolute atomic E-state index is 0.0576. The fourth-order valence-electron chi connectivity index (χ4n) is 3.09. The summed E-state index contributed by atoms with van der Waals surface area (Å²) in [7, 11) is -2.87. The van der Waals surface area contributed by atoms with Gasteiger partial charge in [0.1, 0.15) is 0 Å². The van der Waals surface area contributed by atoms with E-state index >= 15 is 0 Å². The van der Waals surface area contributed by atoms with Crippen LogP contribution in [0.15, 0.2) is 0 Å². The molecule has 0 saturated carbocycles. The highest BCUT2D eigenvalue weighted by Crippen LogP contribution is 2.41. The van der Waals surface area contributed by atoms with Gasteiger partial charge in [-0.3, -0.25) is 0 Å². The van der Waals surface area contributed by atoms with Gasteiger partial charge in [-0.1, -0.05) is 0 Å². The van der Waals surface area contributed by atoms with Gasteiger partial charge in [-0.2, -0.15) is 0 Å². The minimum Gasteiger partial charge on any atom is -0.372 e. The summed E-state index contributed by atoms with van der Waals surface area (Å²) >= 11 is 0. The van der Waals surface area contributed by atoms with Crippen LogP contribution in [0, 0.1) is 5.41 Å². The lowest BCUT2D eigenvalue weighted by Crippen LogP contribution is -2.36. The molecule has 2 aliphatic heterocycles. The molecule has 2 heterocycles. The normalized spacial score (nSPS) is 39.6. The highest BCUT2D eigenvalue weighted by molar-refractivity contribution is 7.91. The predicted molar refractivity (Wildman–Crippen MR) is 67.6 cm³/mol. The van der Waals surface area contributed by atoms with Crippen LogP contribution in [0.25, 0.3) is 0 Å². The third-order valence-corrected chi connectivity index (χ3v) is 6.00. The summed E-state index contributed by atoms with van der Waals surface area (Å²) in [5.74, 6) is 0.539. The van der Waals surface area contributed by atoms with E-state index in [1.165, 1.54) is 0 Å². The summed E-state index contributed by atoms with van der Waals surface area (Å²) in [5.41, 5.74) is 5.53. The monoisotopic (exact) mass is 261 g/mol. The largest absolute Gasteiger partial charge is 0.372 e. The average molecular weight is 261 g/mol. The van der Waals surface area contributed by atoms with E-state index in [0.717, 1.165) is 19.3 Å². The zero-order chi connectivity index (χ0) is 12.7. The van der Waals surface area contributed by atoms with E-state index in [-0.39, 0.29) is 22.9 Å². The standard InChI is InChI=1S/C12H23NO3S/c1-11(2)4-3-10(16-11)7-12(8-13)5-6-17(14,15)9-12/h10H,3-9,13H2,1-2H3. The van der Waals surface area contributed by atoms with Crippen molar-refractivity contribution < 1.29 is 13.2 Å². The van der Waals surface area contributed by atoms with Gasteiger partial charge < -0.3 is 10.5 Å². The first-order chi connectivity index (χ1) is 7.76. The first kappa shape index (κ1) is 13.3. The molecule has 2 aliphatic rings. The molecule has 0 aromatic heterocycles. The quantitative estimate of drug-likeness (QED) is 0.826. The van der Waals surface area contributed by atoms with E-state index < -0.39 is 9.84 Å². The zero-order valence-electron chi connectivity index (χ0n) is 10.7. The maximum atomic E-state index is 11.6. The van der Waals surface area contributed by atoms with Crippen molar-refractivity contribution in [3.05, 3.63) is 0 Å². The molecule has 0 aromatic carbocycles. The Bertz CT molecular complexity index is 391. The SMILES string of the molecule is CC1(C)CCC(CC2(CN)CCS(=O)(=O)C2)O1. The summed E-state index contributed by atoms with van der Waals surface area (Å²) in [6.07, 6.45) is 3.75. The van der Waals surface area contributed by atoms with Crippen molar-refractivity contribution in [2.45, 2.75) is 51.2 Å². The second-order valence-corrected chi connectivity index (χ2v) is 8.47. The summed E-state index contributed by atoms with van der Waals surface area (Å²) in [6.45, 7) is 4.63. The van der Waals surface area contributed by atoms with Crippen LogP contribution in [-0.2, 0) is 14.6 Å². The van der Waals surface area contributed by atoms with Crippen LogP contribution in [0.4, 0.5) is 0 Å². The van der Waals surface area contributed by atoms with Gasteiger partial charge in [0.05, 0.1) is 23.2 Å². The summed E-state index contributed by atoms with van der Waals surface area (Å²) in [6, 6.07) is 0. The molecule has 2 fully saturated rings. The fourth-order valence-corrected chi connectivity index (χ4v) is 5.29. The van der Waals surface area contributed by atoms with Crippen LogP contribution in [0.5, 0.6) is 0 Å². The van der Waals surface area contributed by atoms with Crippen molar-refractivity contribution in [3.63, 3.8) is 0 Å². The van der Waals surface area contributed by atoms with Crippen molar-refractivity contribution in [1.29, 1.82) is 0 Å². The highest BCUT2D eigenvalue weighted by atomic mass is 32.2. The lowest BCUT2D eigenvalue weighted by Gasteiger charge is -2.29. The number of nitrogens with two attached hydrogens (primary N) is 1. The molecular formula is C12H23NO3S. The molecule has 2 rings (SSSR count). The summed E-state index contributed by atoms with van der Waals surface area (Å²) < 4.78 is 29.2. The molecule has 0 spiro atoms. The number of rotatable bonds is 3. The molecule has 100 valence electrons. The Morgan fingerprint density at radius 2 is 2.06 bits per heavy atom. The smallest absolute Gasteiger partial charge is 0.150 e. The Hall–Kier alpha value is -0.130. The minimum atomic E-state index is -2.87. The number of hydrogen-bond acceptors (Lipinski definition) is 4. The Morgan fingerprint density at radius 1 is 1.35 bits per heavy atom. The van der Waals surface area contributed by atoms with Gasteiger partial charge in [0, 0.05) is 0 Å². The molecular weight excluding hydrogens is 238 g/mol. The first-order valence-corrected chi connectivity index (χ1v) is 8.16. The van der Waals surface area contributed by atoms with E-state index in [9.17, 15) is 8.42 Å². The van der Waals surface area contributed by atoms with E-state index in [1.807, 2.05) is 0 Å². The van der Waals surface area contributed by atoms with Crippen LogP contribution in [0.1, 0.15) is 39.5 Å². The molecule has 2 atom stereocenters. The second kappa shape index (κ2) is 4.21. The topological polar surface area (TPSA) is 69.4 Å². The molecule has 17 heavy (non-hydrogen) atoms. The van der Waals surface area contributed by atoms with Crippen molar-refractivity contribution >= 4 is 9.84 Å². The average Bonchev–Trinajstić information content (AvgIpc) is 2.68. The van der Waals surface area contributed by atoms with Crippen molar-refractivity contribution in [2.24, 2.45) is 11.1 Å². The highest BCUT2D eigenvalue weighted by Gasteiger charge is 2.45. The summed E-state index contributed by atoms with van der Waals surface area (Å²) in [4.78, 5) is 0. The summed E-state index contributed by atoms with van der Waals surface area (Å²) in [5, 5.41) is 0. The van der Waals surface area contributed by atoms with E-state index in [0.29, 0.717) is 18.7 Å². The molecule has 0 aliphatic carbocycles. The molecule has 0 amide bonds. The molecule has 5 heteroatoms. The maximum Gasteiger partial charge on any atom is 0.150 e. The van der Waals surface area contributed by atoms with Gasteiger partial charge >= 0.3 is 0 Å². The van der Waals surface area contributed by atoms with Gasteiger partial charge in [0.2, 0.25) is 0 Å². The molecule has 0 aromatic rings. The molecule has 0 bridgehead atoms. The Labute approximate surface area is 104 Å². The maximum absolute atomic E-state index is 11.6. The fraction of sp³-hybridized carbons (Fsp3) is 1.00. The van der Waals surface area contributed by atoms with Gasteiger partial charge in [-0.15, -0.1) is 0 Å². The van der Waals surface area contributed by atoms with Crippen LogP contribution in [0.2, 0.25) is 0 Å². The third-order valence-electron chi connectivity index (χ3n) is 4.12. The van der Waals surface area contributed by atoms with Gasteiger partial charge in [-0.25, -0.2) is 8.42 Å². The number of sulfone groups is 1. The Balaban J connectivity index is 2.02. The van der Waals surface area contributed by atoms with Crippen molar-refractivity contribution in [1.82, 2.24) is 0 Å². The molecule has 0 radical (unpaired) electrons. The van der Waals surface area contributed by atoms with Crippen LogP contribution >= 0.6 is 0 Å². The van der Waals surface area contributed by atoms with Crippen LogP contribution in [0.3, 0.4) is 0 Å². The van der Waals surface area contributed by atoms with Crippen LogP contribution < -0.4 is 5.73 Å². The second-order valence-electron chi connectivity index (χ2n) is 6.29. The van der Waals surface area contributed by atoms with Gasteiger partial charge in [0.25, 0.3) is 0 Å². The lowest BCUT2D eigenvalue weighted by molar-refractivity contribution is -0.0320. The first-order valence-electron chi connectivity index (χ1n) is 6.34. The van der Waals surface area contributed by atoms with Gasteiger partial charge in [-0.05, 0) is 51.5 Å². The predicted octanol–water partition coefficient (Wildman–Crippen LogP) is 1.10. The van der Waals surface area contributed by atoms with Gasteiger partial charge in [0.15, 0.2) is 9.84 Å². The molecule has 2 N–H and O–H groups in total. The number of ether oxygens (including phenoxy) is 1. The molecule has 4 nitrogen and oxygen atoms in total. The lowest BCUT2D eigenvalue weighted by atomic mass is 9.81. The Kier molecular flexibility index (Phi) is 3.30. The van der Waals surface area contributed by atoms with Crippen LogP contribution in [-0.4, -0.2) is 38.2 Å². The molecule has 2 unspecified atom stereocenters. The van der Waals surface area contributed by atoms with E-state index in [2.05, 4.69) is 13.8 Å². The van der Waals surface area contributed by atoms with E-state index in [1.54, 1.807) is 0 Å². The zero-order valence-corrected chi connectivity index (χ0v) is 11.6. The third kappa shape index (κ3) is 3.01. The van der Waals surface area contributed by atoms with Crippen molar-refractivity contribution in [2.75, 3.05) is 18.1 Å². The number of hydrogen-bond donors (Lipinski definition) is 1. The van der Waals surface area contributed by atoms with E-state index in [4.69, 9.17) is 10.5 Å². The molecule has 2 saturated heterocycles. The Morgan fingerprint density at radius 3 is 2.47 bits per heavy atom. The van der Waals surface area contributed by atoms with Crippen molar-refractivity contribution in [3.8, 4) is 0 Å².